The van der Waals surface area contributed by atoms with Gasteiger partial charge in [0.05, 0.1) is 0 Å². The quantitative estimate of drug-likeness (QED) is 0.469. The number of carbonyl (C=O) groups is 2. The zero-order valence-electron chi connectivity index (χ0n) is 23.4. The van der Waals surface area contributed by atoms with Crippen LogP contribution in [-0.4, -0.2) is 64.4 Å². The molecule has 0 aliphatic carbocycles. The summed E-state index contributed by atoms with van der Waals surface area (Å²) in [6.45, 7) is 29.7. The molecule has 5 nitrogen and oxygen atoms in total. The monoisotopic (exact) mass is 443 g/mol. The molecule has 0 aromatic rings. The fourth-order valence-corrected chi connectivity index (χ4v) is 3.10. The van der Waals surface area contributed by atoms with Gasteiger partial charge in [0.1, 0.15) is 0 Å². The van der Waals surface area contributed by atoms with Gasteiger partial charge < -0.3 is 14.7 Å². The fraction of sp³-hybridized carbons (Fsp3) is 0.923. The van der Waals surface area contributed by atoms with Crippen molar-refractivity contribution in [3.8, 4) is 0 Å². The van der Waals surface area contributed by atoms with Crippen LogP contribution >= 0.6 is 0 Å². The van der Waals surface area contributed by atoms with Crippen LogP contribution in [0.3, 0.4) is 0 Å². The molecule has 31 heavy (non-hydrogen) atoms. The van der Waals surface area contributed by atoms with Gasteiger partial charge in [-0.05, 0) is 66.7 Å². The van der Waals surface area contributed by atoms with E-state index in [-0.39, 0.29) is 6.03 Å². The van der Waals surface area contributed by atoms with Gasteiger partial charge in [0.15, 0.2) is 0 Å². The van der Waals surface area contributed by atoms with Crippen LogP contribution in [0.2, 0.25) is 0 Å². The number of urea groups is 1. The van der Waals surface area contributed by atoms with Crippen molar-refractivity contribution in [2.24, 2.45) is 5.92 Å². The summed E-state index contributed by atoms with van der Waals surface area (Å²) in [5, 5.41) is 0. The molecule has 0 aromatic heterocycles. The normalized spacial score (nSPS) is 16.1. The summed E-state index contributed by atoms with van der Waals surface area (Å²) in [5.41, 5.74) is 0. The highest BCUT2D eigenvalue weighted by atomic mass is 16.2. The van der Waals surface area contributed by atoms with Crippen molar-refractivity contribution in [2.75, 3.05) is 19.6 Å². The van der Waals surface area contributed by atoms with E-state index in [9.17, 15) is 9.59 Å². The summed E-state index contributed by atoms with van der Waals surface area (Å²) in [6.07, 6.45) is 4.13. The first-order valence-electron chi connectivity index (χ1n) is 12.9. The van der Waals surface area contributed by atoms with Crippen LogP contribution in [0.4, 0.5) is 4.79 Å². The number of hydrogen-bond acceptors (Lipinski definition) is 2. The number of likely N-dealkylation sites (tertiary alicyclic amines) is 1. The number of piperidine rings is 1. The summed E-state index contributed by atoms with van der Waals surface area (Å²) in [4.78, 5) is 28.9. The lowest BCUT2D eigenvalue weighted by molar-refractivity contribution is -0.135. The molecule has 2 fully saturated rings. The third kappa shape index (κ3) is 16.1. The molecule has 0 atom stereocenters. The first-order chi connectivity index (χ1) is 14.5. The predicted octanol–water partition coefficient (Wildman–Crippen LogP) is 7.05. The number of carbonyl (C=O) groups excluding carboxylic acids is 2. The maximum Gasteiger partial charge on any atom is 0.320 e. The van der Waals surface area contributed by atoms with E-state index in [1.54, 1.807) is 0 Å². The van der Waals surface area contributed by atoms with Gasteiger partial charge in [-0.2, -0.15) is 0 Å². The van der Waals surface area contributed by atoms with Crippen molar-refractivity contribution >= 4 is 11.9 Å². The third-order valence-electron chi connectivity index (χ3n) is 4.52. The molecule has 2 aliphatic heterocycles. The molecule has 188 valence electrons. The number of nitrogens with zero attached hydrogens (tertiary/aromatic N) is 3. The molecule has 0 spiro atoms. The van der Waals surface area contributed by atoms with E-state index < -0.39 is 0 Å². The molecule has 2 heterocycles. The summed E-state index contributed by atoms with van der Waals surface area (Å²) in [7, 11) is 0. The first kappa shape index (κ1) is 34.4. The average molecular weight is 444 g/mol. The van der Waals surface area contributed by atoms with Crippen molar-refractivity contribution in [3.05, 3.63) is 0 Å². The van der Waals surface area contributed by atoms with Crippen LogP contribution in [-0.2, 0) is 4.79 Å². The highest BCUT2D eigenvalue weighted by molar-refractivity contribution is 5.77. The summed E-state index contributed by atoms with van der Waals surface area (Å²) in [5.74, 6) is 1.17. The van der Waals surface area contributed by atoms with Crippen LogP contribution in [0.15, 0.2) is 0 Å². The lowest BCUT2D eigenvalue weighted by Gasteiger charge is -2.39. The van der Waals surface area contributed by atoms with Crippen molar-refractivity contribution in [2.45, 2.75) is 134 Å². The second-order valence-corrected chi connectivity index (χ2v) is 9.08. The molecular formula is C26H57N3O2. The zero-order valence-corrected chi connectivity index (χ0v) is 23.4. The summed E-state index contributed by atoms with van der Waals surface area (Å²) in [6, 6.07) is 1.26. The molecule has 3 amide bonds. The van der Waals surface area contributed by atoms with Gasteiger partial charge in [-0.3, -0.25) is 4.79 Å². The molecule has 2 aliphatic rings. The third-order valence-corrected chi connectivity index (χ3v) is 4.52. The van der Waals surface area contributed by atoms with E-state index in [1.807, 2.05) is 42.4 Å². The van der Waals surface area contributed by atoms with Crippen LogP contribution < -0.4 is 0 Å². The molecule has 0 radical (unpaired) electrons. The van der Waals surface area contributed by atoms with Crippen LogP contribution in [0, 0.1) is 5.92 Å². The summed E-state index contributed by atoms with van der Waals surface area (Å²) >= 11 is 0. The molecular weight excluding hydrogens is 386 g/mol. The van der Waals surface area contributed by atoms with Gasteiger partial charge in [0, 0.05) is 44.2 Å². The second kappa shape index (κ2) is 20.6. The van der Waals surface area contributed by atoms with Crippen LogP contribution in [0.1, 0.15) is 116 Å². The Morgan fingerprint density at radius 3 is 1.13 bits per heavy atom. The first-order valence-corrected chi connectivity index (χ1v) is 12.9. The summed E-state index contributed by atoms with van der Waals surface area (Å²) < 4.78 is 0. The Morgan fingerprint density at radius 2 is 0.871 bits per heavy atom. The second-order valence-electron chi connectivity index (χ2n) is 9.08. The largest absolute Gasteiger partial charge is 0.340 e. The number of amides is 3. The Balaban J connectivity index is -0.000000386. The van der Waals surface area contributed by atoms with Gasteiger partial charge >= 0.3 is 6.03 Å². The van der Waals surface area contributed by atoms with Crippen molar-refractivity contribution < 1.29 is 9.59 Å². The van der Waals surface area contributed by atoms with E-state index in [4.69, 9.17) is 0 Å². The van der Waals surface area contributed by atoms with Gasteiger partial charge in [0.2, 0.25) is 5.91 Å². The minimum atomic E-state index is 0.205. The Morgan fingerprint density at radius 1 is 0.548 bits per heavy atom. The Bertz CT molecular complexity index is 414. The fourth-order valence-electron chi connectivity index (χ4n) is 3.10. The highest BCUT2D eigenvalue weighted by Crippen LogP contribution is 2.15. The van der Waals surface area contributed by atoms with Gasteiger partial charge in [-0.1, -0.05) is 48.5 Å². The van der Waals surface area contributed by atoms with E-state index >= 15 is 0 Å². The molecule has 5 heteroatoms. The molecule has 0 aromatic carbocycles. The van der Waals surface area contributed by atoms with Crippen LogP contribution in [0.5, 0.6) is 0 Å². The van der Waals surface area contributed by atoms with E-state index in [1.165, 1.54) is 6.42 Å². The maximum atomic E-state index is 11.9. The van der Waals surface area contributed by atoms with Gasteiger partial charge in [0.25, 0.3) is 0 Å². The number of rotatable bonds is 3. The SMILES string of the molecule is CC.CC.CC(C)C.CC(C)N1CCCCC1=O.CC(C)N1CCCN(C(C)C)C1=O. The molecule has 2 rings (SSSR count). The van der Waals surface area contributed by atoms with Crippen molar-refractivity contribution in [3.63, 3.8) is 0 Å². The van der Waals surface area contributed by atoms with Crippen LogP contribution in [0.25, 0.3) is 0 Å². The van der Waals surface area contributed by atoms with Crippen molar-refractivity contribution in [1.82, 2.24) is 14.7 Å². The molecule has 0 saturated carbocycles. The van der Waals surface area contributed by atoms with Crippen molar-refractivity contribution in [1.29, 1.82) is 0 Å². The average Bonchev–Trinajstić information content (AvgIpc) is 2.71. The molecule has 0 bridgehead atoms. The van der Waals surface area contributed by atoms with E-state index in [0.717, 1.165) is 44.8 Å². The Hall–Kier alpha value is -1.26. The van der Waals surface area contributed by atoms with Gasteiger partial charge in [-0.15, -0.1) is 0 Å². The topological polar surface area (TPSA) is 43.9 Å². The minimum Gasteiger partial charge on any atom is -0.340 e. The number of hydrogen-bond donors (Lipinski definition) is 0. The Labute approximate surface area is 195 Å². The molecule has 0 unspecified atom stereocenters. The maximum absolute atomic E-state index is 11.9. The van der Waals surface area contributed by atoms with Gasteiger partial charge in [-0.25, -0.2) is 4.79 Å². The lowest BCUT2D eigenvalue weighted by Crippen LogP contribution is -2.53. The van der Waals surface area contributed by atoms with E-state index in [0.29, 0.717) is 24.0 Å². The predicted molar refractivity (Wildman–Crippen MR) is 138 cm³/mol. The molecule has 0 N–H and O–H groups in total. The Kier molecular flexibility index (Phi) is 22.9. The smallest absolute Gasteiger partial charge is 0.320 e. The highest BCUT2D eigenvalue weighted by Gasteiger charge is 2.28. The zero-order chi connectivity index (χ0) is 25.1. The lowest BCUT2D eigenvalue weighted by atomic mass is 10.1. The van der Waals surface area contributed by atoms with E-state index in [2.05, 4.69) is 62.3 Å². The molecule has 2 saturated heterocycles. The standard InChI is InChI=1S/C10H20N2O.C8H15NO.C4H10.2C2H6/c1-8(2)11-6-5-7-12(9(3)4)10(11)13;1-7(2)9-6-4-3-5-8(9)10;1-4(2)3;2*1-2/h8-9H,5-7H2,1-4H3;7H,3-6H2,1-2H3;4H,1-3H3;2*1-2H3. The minimum absolute atomic E-state index is 0.205.